The van der Waals surface area contributed by atoms with Crippen molar-refractivity contribution in [1.29, 1.82) is 0 Å². The van der Waals surface area contributed by atoms with Crippen molar-refractivity contribution >= 4 is 23.2 Å². The number of nitrogens with zero attached hydrogens (tertiary/aromatic N) is 3. The molecule has 0 atom stereocenters. The summed E-state index contributed by atoms with van der Waals surface area (Å²) in [5, 5.41) is 17.1. The second-order valence-electron chi connectivity index (χ2n) is 6.38. The van der Waals surface area contributed by atoms with Gasteiger partial charge in [0, 0.05) is 29.9 Å². The van der Waals surface area contributed by atoms with Gasteiger partial charge >= 0.3 is 6.18 Å². The van der Waals surface area contributed by atoms with E-state index in [0.717, 1.165) is 12.5 Å². The van der Waals surface area contributed by atoms with Gasteiger partial charge in [-0.25, -0.2) is 0 Å². The third-order valence-electron chi connectivity index (χ3n) is 4.54. The Labute approximate surface area is 162 Å². The number of alkyl halides is 3. The molecule has 0 spiro atoms. The van der Waals surface area contributed by atoms with Gasteiger partial charge in [0.25, 0.3) is 11.6 Å². The van der Waals surface area contributed by atoms with Crippen molar-refractivity contribution in [3.63, 3.8) is 0 Å². The predicted molar refractivity (Wildman–Crippen MR) is 94.3 cm³/mol. The summed E-state index contributed by atoms with van der Waals surface area (Å²) in [5.41, 5.74) is -0.455. The minimum atomic E-state index is -4.52. The Hall–Kier alpha value is -2.62. The molecule has 3 rings (SSSR count). The highest BCUT2D eigenvalue weighted by atomic mass is 35.5. The monoisotopic (exact) mass is 416 g/mol. The quantitative estimate of drug-likeness (QED) is 0.593. The highest BCUT2D eigenvalue weighted by Crippen LogP contribution is 2.35. The van der Waals surface area contributed by atoms with Crippen LogP contribution >= 0.6 is 11.6 Å². The lowest BCUT2D eigenvalue weighted by Crippen LogP contribution is -2.28. The molecule has 1 aliphatic carbocycles. The second-order valence-corrected chi connectivity index (χ2v) is 6.79. The van der Waals surface area contributed by atoms with E-state index in [1.165, 1.54) is 16.8 Å². The van der Waals surface area contributed by atoms with Crippen LogP contribution in [0.15, 0.2) is 18.2 Å². The number of nitrogens with one attached hydrogen (secondary N) is 1. The van der Waals surface area contributed by atoms with E-state index in [-0.39, 0.29) is 34.9 Å². The Morgan fingerprint density at radius 3 is 2.71 bits per heavy atom. The third kappa shape index (κ3) is 4.11. The van der Waals surface area contributed by atoms with Crippen LogP contribution in [0.3, 0.4) is 0 Å². The zero-order chi connectivity index (χ0) is 20.5. The first-order valence-electron chi connectivity index (χ1n) is 8.56. The van der Waals surface area contributed by atoms with E-state index in [1.54, 1.807) is 0 Å². The summed E-state index contributed by atoms with van der Waals surface area (Å²) in [7, 11) is 0. The number of halogens is 4. The van der Waals surface area contributed by atoms with Gasteiger partial charge in [0.05, 0.1) is 22.1 Å². The van der Waals surface area contributed by atoms with Crippen LogP contribution < -0.4 is 5.32 Å². The first-order valence-corrected chi connectivity index (χ1v) is 8.94. The van der Waals surface area contributed by atoms with E-state index < -0.39 is 22.7 Å². The van der Waals surface area contributed by atoms with E-state index in [0.29, 0.717) is 25.0 Å². The van der Waals surface area contributed by atoms with Crippen LogP contribution in [0.4, 0.5) is 18.9 Å². The molecule has 2 aromatic rings. The molecule has 0 fully saturated rings. The van der Waals surface area contributed by atoms with Gasteiger partial charge < -0.3 is 5.32 Å². The molecule has 0 unspecified atom stereocenters. The highest BCUT2D eigenvalue weighted by Gasteiger charge is 2.39. The second kappa shape index (κ2) is 7.78. The molecule has 0 bridgehead atoms. The summed E-state index contributed by atoms with van der Waals surface area (Å²) in [6.45, 7) is 0.0555. The number of rotatable bonds is 5. The van der Waals surface area contributed by atoms with Gasteiger partial charge in [0.15, 0.2) is 5.69 Å². The predicted octanol–water partition coefficient (Wildman–Crippen LogP) is 3.77. The first-order chi connectivity index (χ1) is 13.2. The lowest BCUT2D eigenvalue weighted by atomic mass is 9.95. The molecule has 1 aromatic heterocycles. The van der Waals surface area contributed by atoms with Crippen molar-refractivity contribution in [2.75, 3.05) is 6.54 Å². The molecule has 28 heavy (non-hydrogen) atoms. The summed E-state index contributed by atoms with van der Waals surface area (Å²) in [6.07, 6.45) is -2.22. The largest absolute Gasteiger partial charge is 0.435 e. The van der Waals surface area contributed by atoms with Crippen molar-refractivity contribution in [2.24, 2.45) is 0 Å². The third-order valence-corrected chi connectivity index (χ3v) is 4.87. The zero-order valence-electron chi connectivity index (χ0n) is 14.6. The molecule has 1 amide bonds. The maximum atomic E-state index is 13.2. The standard InChI is InChI=1S/C17H16ClF3N4O3/c18-13-6-5-10(25(27)28)9-12(13)16(26)22-7-8-24-14-4-2-1-3-11(14)15(23-24)17(19,20)21/h5-6,9H,1-4,7-8H2,(H,22,26). The number of benzene rings is 1. The van der Waals surface area contributed by atoms with Gasteiger partial charge in [0.1, 0.15) is 0 Å². The number of carbonyl (C=O) groups excluding carboxylic acids is 1. The number of hydrogen-bond donors (Lipinski definition) is 1. The number of amides is 1. The summed E-state index contributed by atoms with van der Waals surface area (Å²) >= 11 is 5.91. The fourth-order valence-electron chi connectivity index (χ4n) is 3.25. The van der Waals surface area contributed by atoms with Gasteiger partial charge in [-0.1, -0.05) is 11.6 Å². The lowest BCUT2D eigenvalue weighted by Gasteiger charge is -2.15. The number of nitro benzene ring substituents is 1. The van der Waals surface area contributed by atoms with Crippen molar-refractivity contribution < 1.29 is 22.9 Å². The number of carbonyl (C=O) groups is 1. The van der Waals surface area contributed by atoms with Crippen molar-refractivity contribution in [3.05, 3.63) is 55.9 Å². The Morgan fingerprint density at radius 1 is 1.32 bits per heavy atom. The summed E-state index contributed by atoms with van der Waals surface area (Å²) in [4.78, 5) is 22.4. The molecular formula is C17H16ClF3N4O3. The highest BCUT2D eigenvalue weighted by molar-refractivity contribution is 6.33. The van der Waals surface area contributed by atoms with Gasteiger partial charge in [-0.3, -0.25) is 19.6 Å². The van der Waals surface area contributed by atoms with E-state index in [1.807, 2.05) is 0 Å². The Morgan fingerprint density at radius 2 is 2.04 bits per heavy atom. The summed E-state index contributed by atoms with van der Waals surface area (Å²) in [6, 6.07) is 3.47. The molecular weight excluding hydrogens is 401 g/mol. The van der Waals surface area contributed by atoms with E-state index in [2.05, 4.69) is 10.4 Å². The maximum Gasteiger partial charge on any atom is 0.435 e. The molecule has 0 radical (unpaired) electrons. The molecule has 150 valence electrons. The van der Waals surface area contributed by atoms with Gasteiger partial charge in [-0.05, 0) is 31.7 Å². The molecule has 7 nitrogen and oxygen atoms in total. The first kappa shape index (κ1) is 20.1. The van der Waals surface area contributed by atoms with Crippen molar-refractivity contribution in [3.8, 4) is 0 Å². The molecule has 1 aliphatic rings. The van der Waals surface area contributed by atoms with Crippen molar-refractivity contribution in [2.45, 2.75) is 38.4 Å². The normalized spacial score (nSPS) is 13.9. The average molecular weight is 417 g/mol. The van der Waals surface area contributed by atoms with E-state index in [4.69, 9.17) is 11.6 Å². The smallest absolute Gasteiger partial charge is 0.350 e. The number of aromatic nitrogens is 2. The molecule has 1 heterocycles. The van der Waals surface area contributed by atoms with Crippen LogP contribution in [0.1, 0.15) is 40.2 Å². The maximum absolute atomic E-state index is 13.2. The fraction of sp³-hybridized carbons (Fsp3) is 0.412. The molecule has 0 saturated heterocycles. The van der Waals surface area contributed by atoms with Gasteiger partial charge in [-0.15, -0.1) is 0 Å². The number of fused-ring (bicyclic) bond motifs is 1. The summed E-state index contributed by atoms with van der Waals surface area (Å²) in [5.74, 6) is -0.647. The summed E-state index contributed by atoms with van der Waals surface area (Å²) < 4.78 is 40.9. The fourth-order valence-corrected chi connectivity index (χ4v) is 3.46. The molecule has 0 aliphatic heterocycles. The van der Waals surface area contributed by atoms with Gasteiger partial charge in [0.2, 0.25) is 0 Å². The minimum Gasteiger partial charge on any atom is -0.350 e. The number of hydrogen-bond acceptors (Lipinski definition) is 4. The average Bonchev–Trinajstić information content (AvgIpc) is 3.01. The van der Waals surface area contributed by atoms with E-state index >= 15 is 0 Å². The van der Waals surface area contributed by atoms with E-state index in [9.17, 15) is 28.1 Å². The minimum absolute atomic E-state index is 0.00325. The van der Waals surface area contributed by atoms with Crippen LogP contribution in [0.5, 0.6) is 0 Å². The van der Waals surface area contributed by atoms with Crippen molar-refractivity contribution in [1.82, 2.24) is 15.1 Å². The van der Waals surface area contributed by atoms with Crippen LogP contribution in [-0.4, -0.2) is 27.2 Å². The topological polar surface area (TPSA) is 90.1 Å². The number of non-ortho nitro benzene ring substituents is 1. The Kier molecular flexibility index (Phi) is 5.59. The van der Waals surface area contributed by atoms with Crippen LogP contribution in [0, 0.1) is 10.1 Å². The molecule has 1 aromatic carbocycles. The Bertz CT molecular complexity index is 927. The molecule has 11 heteroatoms. The SMILES string of the molecule is O=C(NCCn1nc(C(F)(F)F)c2c1CCCC2)c1cc([N+](=O)[O-])ccc1Cl. The van der Waals surface area contributed by atoms with Crippen LogP contribution in [-0.2, 0) is 25.6 Å². The molecule has 0 saturated carbocycles. The lowest BCUT2D eigenvalue weighted by molar-refractivity contribution is -0.384. The number of nitro groups is 1. The van der Waals surface area contributed by atoms with Gasteiger partial charge in [-0.2, -0.15) is 18.3 Å². The van der Waals surface area contributed by atoms with Crippen LogP contribution in [0.2, 0.25) is 5.02 Å². The van der Waals surface area contributed by atoms with Crippen LogP contribution in [0.25, 0.3) is 0 Å². The zero-order valence-corrected chi connectivity index (χ0v) is 15.3. The Balaban J connectivity index is 1.72. The molecule has 1 N–H and O–H groups in total.